The fourth-order valence-corrected chi connectivity index (χ4v) is 5.62. The number of hydrogen-bond donors (Lipinski definition) is 3. The van der Waals surface area contributed by atoms with Crippen LogP contribution in [-0.2, 0) is 12.0 Å². The number of pyridine rings is 1. The van der Waals surface area contributed by atoms with Crippen LogP contribution in [0.15, 0.2) is 72.9 Å². The highest BCUT2D eigenvalue weighted by molar-refractivity contribution is 5.89. The monoisotopic (exact) mass is 606 g/mol. The number of nitrogens with one attached hydrogen (secondary N) is 3. The molecule has 2 aromatic carbocycles. The summed E-state index contributed by atoms with van der Waals surface area (Å²) in [7, 11) is 0. The summed E-state index contributed by atoms with van der Waals surface area (Å²) < 4.78 is 10.3. The van der Waals surface area contributed by atoms with Crippen molar-refractivity contribution in [3.05, 3.63) is 101 Å². The van der Waals surface area contributed by atoms with E-state index in [0.717, 1.165) is 58.1 Å². The number of ether oxygens (including phenoxy) is 1. The molecular formula is C35H42N8O2. The van der Waals surface area contributed by atoms with Gasteiger partial charge in [-0.25, -0.2) is 9.48 Å². The van der Waals surface area contributed by atoms with E-state index in [0.29, 0.717) is 18.4 Å². The number of urea groups is 1. The normalized spacial score (nSPS) is 16.5. The van der Waals surface area contributed by atoms with Crippen molar-refractivity contribution in [3.8, 4) is 11.4 Å². The summed E-state index contributed by atoms with van der Waals surface area (Å²) in [5.74, 6) is 2.21. The number of aryl methyl sites for hydroxylation is 1. The van der Waals surface area contributed by atoms with Gasteiger partial charge in [-0.15, -0.1) is 10.2 Å². The maximum absolute atomic E-state index is 13.5. The van der Waals surface area contributed by atoms with E-state index in [4.69, 9.17) is 9.84 Å². The first-order valence-corrected chi connectivity index (χ1v) is 15.6. The first kappa shape index (κ1) is 30.3. The highest BCUT2D eigenvalue weighted by atomic mass is 16.5. The molecule has 45 heavy (non-hydrogen) atoms. The van der Waals surface area contributed by atoms with Gasteiger partial charge in [-0.1, -0.05) is 76.6 Å². The van der Waals surface area contributed by atoms with Crippen molar-refractivity contribution in [2.24, 2.45) is 0 Å². The molecule has 0 fully saturated rings. The second-order valence-corrected chi connectivity index (χ2v) is 13.1. The Hall–Kier alpha value is -4.70. The first-order valence-electron chi connectivity index (χ1n) is 15.6. The zero-order chi connectivity index (χ0) is 31.7. The fraction of sp³-hybridized carbons (Fsp3) is 0.371. The van der Waals surface area contributed by atoms with Gasteiger partial charge in [0.05, 0.1) is 30.2 Å². The van der Waals surface area contributed by atoms with Gasteiger partial charge >= 0.3 is 6.03 Å². The van der Waals surface area contributed by atoms with Crippen LogP contribution in [0.3, 0.4) is 0 Å². The van der Waals surface area contributed by atoms with E-state index in [-0.39, 0.29) is 23.6 Å². The van der Waals surface area contributed by atoms with Crippen LogP contribution in [-0.4, -0.2) is 36.5 Å². The predicted octanol–water partition coefficient (Wildman–Crippen LogP) is 6.80. The van der Waals surface area contributed by atoms with E-state index >= 15 is 0 Å². The lowest BCUT2D eigenvalue weighted by molar-refractivity contribution is 0.171. The molecule has 3 heterocycles. The lowest BCUT2D eigenvalue weighted by Crippen LogP contribution is -2.36. The van der Waals surface area contributed by atoms with Gasteiger partial charge in [0, 0.05) is 17.5 Å². The largest absolute Gasteiger partial charge is 0.484 e. The Bertz CT molecular complexity index is 1800. The molecule has 10 heteroatoms. The molecule has 1 aliphatic carbocycles. The summed E-state index contributed by atoms with van der Waals surface area (Å²) in [5, 5.41) is 23.2. The molecule has 3 aromatic heterocycles. The molecular weight excluding hydrogens is 564 g/mol. The average Bonchev–Trinajstić information content (AvgIpc) is 3.62. The minimum Gasteiger partial charge on any atom is -0.484 e. The third-order valence-electron chi connectivity index (χ3n) is 8.13. The zero-order valence-electron chi connectivity index (χ0n) is 26.8. The topological polar surface area (TPSA) is 110 Å². The number of benzene rings is 2. The Morgan fingerprint density at radius 1 is 1.00 bits per heavy atom. The van der Waals surface area contributed by atoms with Gasteiger partial charge in [-0.2, -0.15) is 5.10 Å². The lowest BCUT2D eigenvalue weighted by Gasteiger charge is -2.32. The Morgan fingerprint density at radius 3 is 2.49 bits per heavy atom. The maximum Gasteiger partial charge on any atom is 0.320 e. The molecule has 2 amide bonds. The molecule has 234 valence electrons. The second kappa shape index (κ2) is 12.4. The van der Waals surface area contributed by atoms with Crippen LogP contribution in [0, 0.1) is 6.92 Å². The molecule has 1 aliphatic rings. The number of carbonyl (C=O) groups is 1. The standard InChI is InChI=1S/C35H42N8O2/c1-22(2)36-20-33-40-39-31-18-15-25(21-42(31)33)45-29-17-16-28(26-9-7-8-10-27(26)29)37-34(44)38-32-19-30(35(4,5)6)41-43(32)24-13-11-23(3)12-14-24/h7-15,18-19,21-22,28-29,36H,16-17,20H2,1-6H3,(H2,37,38,44)/t28-,29+/m0/s1. The van der Waals surface area contributed by atoms with E-state index in [1.165, 1.54) is 0 Å². The fourth-order valence-electron chi connectivity index (χ4n) is 5.62. The number of nitrogens with zero attached hydrogens (tertiary/aromatic N) is 5. The number of aromatic nitrogens is 5. The van der Waals surface area contributed by atoms with E-state index in [1.807, 2.05) is 65.2 Å². The van der Waals surface area contributed by atoms with Gasteiger partial charge in [0.1, 0.15) is 17.7 Å². The first-order chi connectivity index (χ1) is 21.5. The van der Waals surface area contributed by atoms with Crippen LogP contribution in [0.25, 0.3) is 11.3 Å². The molecule has 0 bridgehead atoms. The Morgan fingerprint density at radius 2 is 1.76 bits per heavy atom. The van der Waals surface area contributed by atoms with Crippen LogP contribution in [0.2, 0.25) is 0 Å². The third-order valence-corrected chi connectivity index (χ3v) is 8.13. The molecule has 6 rings (SSSR count). The summed E-state index contributed by atoms with van der Waals surface area (Å²) in [6.45, 7) is 13.2. The second-order valence-electron chi connectivity index (χ2n) is 13.1. The molecule has 0 unspecified atom stereocenters. The summed E-state index contributed by atoms with van der Waals surface area (Å²) in [5.41, 5.74) is 5.68. The zero-order valence-corrected chi connectivity index (χ0v) is 26.8. The van der Waals surface area contributed by atoms with Crippen molar-refractivity contribution in [2.45, 2.75) is 84.5 Å². The van der Waals surface area contributed by atoms with Crippen LogP contribution in [0.1, 0.15) is 87.8 Å². The Labute approximate surface area is 264 Å². The summed E-state index contributed by atoms with van der Waals surface area (Å²) in [4.78, 5) is 13.5. The maximum atomic E-state index is 13.5. The minimum absolute atomic E-state index is 0.147. The van der Waals surface area contributed by atoms with Crippen LogP contribution in [0.4, 0.5) is 10.6 Å². The molecule has 2 atom stereocenters. The van der Waals surface area contributed by atoms with Crippen molar-refractivity contribution in [3.63, 3.8) is 0 Å². The van der Waals surface area contributed by atoms with Crippen molar-refractivity contribution >= 4 is 17.5 Å². The molecule has 0 radical (unpaired) electrons. The van der Waals surface area contributed by atoms with Gasteiger partial charge in [0.25, 0.3) is 0 Å². The number of amides is 2. The minimum atomic E-state index is -0.275. The smallest absolute Gasteiger partial charge is 0.320 e. The summed E-state index contributed by atoms with van der Waals surface area (Å²) >= 11 is 0. The number of fused-ring (bicyclic) bond motifs is 2. The van der Waals surface area contributed by atoms with Crippen LogP contribution >= 0.6 is 0 Å². The van der Waals surface area contributed by atoms with Crippen LogP contribution in [0.5, 0.6) is 5.75 Å². The number of rotatable bonds is 8. The Kier molecular flexibility index (Phi) is 8.33. The SMILES string of the molecule is Cc1ccc(-n2nc(C(C)(C)C)cc2NC(=O)N[C@H]2CC[C@@H](Oc3ccc4nnc(CNC(C)C)n4c3)c3ccccc32)cc1. The third kappa shape index (κ3) is 6.71. The van der Waals surface area contributed by atoms with Gasteiger partial charge in [-0.05, 0) is 55.2 Å². The molecule has 0 spiro atoms. The molecule has 0 aliphatic heterocycles. The molecule has 3 N–H and O–H groups in total. The van der Waals surface area contributed by atoms with Crippen molar-refractivity contribution in [1.29, 1.82) is 0 Å². The molecule has 0 saturated carbocycles. The van der Waals surface area contributed by atoms with Crippen LogP contribution < -0.4 is 20.7 Å². The highest BCUT2D eigenvalue weighted by Crippen LogP contribution is 2.39. The molecule has 10 nitrogen and oxygen atoms in total. The molecule has 0 saturated heterocycles. The van der Waals surface area contributed by atoms with Gasteiger partial charge in [-0.3, -0.25) is 9.72 Å². The highest BCUT2D eigenvalue weighted by Gasteiger charge is 2.30. The predicted molar refractivity (Wildman–Crippen MR) is 176 cm³/mol. The van der Waals surface area contributed by atoms with Gasteiger partial charge in [0.2, 0.25) is 0 Å². The van der Waals surface area contributed by atoms with E-state index in [9.17, 15) is 4.79 Å². The van der Waals surface area contributed by atoms with Crippen molar-refractivity contribution in [2.75, 3.05) is 5.32 Å². The number of carbonyl (C=O) groups excluding carboxylic acids is 1. The average molecular weight is 607 g/mol. The summed E-state index contributed by atoms with van der Waals surface area (Å²) in [6, 6.07) is 22.0. The van der Waals surface area contributed by atoms with E-state index in [2.05, 4.69) is 79.8 Å². The summed E-state index contributed by atoms with van der Waals surface area (Å²) in [6.07, 6.45) is 3.29. The van der Waals surface area contributed by atoms with E-state index in [1.54, 1.807) is 4.68 Å². The van der Waals surface area contributed by atoms with Crippen molar-refractivity contribution < 1.29 is 9.53 Å². The van der Waals surface area contributed by atoms with Crippen molar-refractivity contribution in [1.82, 2.24) is 35.0 Å². The van der Waals surface area contributed by atoms with Gasteiger partial charge < -0.3 is 15.4 Å². The van der Waals surface area contributed by atoms with Gasteiger partial charge in [0.15, 0.2) is 11.5 Å². The molecule has 5 aromatic rings. The number of anilines is 1. The Balaban J connectivity index is 1.19. The quantitative estimate of drug-likeness (QED) is 0.179. The lowest BCUT2D eigenvalue weighted by atomic mass is 9.85. The number of hydrogen-bond acceptors (Lipinski definition) is 6. The van der Waals surface area contributed by atoms with E-state index < -0.39 is 0 Å².